The van der Waals surface area contributed by atoms with Crippen molar-refractivity contribution in [2.75, 3.05) is 20.2 Å². The van der Waals surface area contributed by atoms with Crippen LogP contribution in [-0.4, -0.2) is 31.0 Å². The standard InChI is InChI=1S/C8H14BrNO2/c1-12-8(11)7(9)6-2-4-10-5-3-6/h6-7,10H,2-5H2,1H3. The van der Waals surface area contributed by atoms with E-state index in [-0.39, 0.29) is 10.8 Å². The third-order valence-corrected chi connectivity index (χ3v) is 3.35. The molecule has 4 heteroatoms. The summed E-state index contributed by atoms with van der Waals surface area (Å²) in [5.41, 5.74) is 0. The van der Waals surface area contributed by atoms with E-state index in [1.54, 1.807) is 0 Å². The van der Waals surface area contributed by atoms with Gasteiger partial charge in [-0.25, -0.2) is 0 Å². The Balaban J connectivity index is 2.39. The Labute approximate surface area is 81.0 Å². The van der Waals surface area contributed by atoms with Crippen molar-refractivity contribution in [3.05, 3.63) is 0 Å². The zero-order valence-corrected chi connectivity index (χ0v) is 8.76. The number of halogens is 1. The van der Waals surface area contributed by atoms with Crippen LogP contribution in [0.25, 0.3) is 0 Å². The van der Waals surface area contributed by atoms with Crippen LogP contribution in [0.5, 0.6) is 0 Å². The van der Waals surface area contributed by atoms with E-state index < -0.39 is 0 Å². The van der Waals surface area contributed by atoms with E-state index in [4.69, 9.17) is 0 Å². The molecule has 1 aliphatic heterocycles. The minimum Gasteiger partial charge on any atom is -0.468 e. The average Bonchev–Trinajstić information content (AvgIpc) is 2.17. The van der Waals surface area contributed by atoms with Gasteiger partial charge >= 0.3 is 5.97 Å². The molecule has 0 amide bonds. The first-order valence-corrected chi connectivity index (χ1v) is 5.10. The topological polar surface area (TPSA) is 38.3 Å². The second-order valence-corrected chi connectivity index (χ2v) is 4.00. The van der Waals surface area contributed by atoms with Gasteiger partial charge in [-0.15, -0.1) is 0 Å². The van der Waals surface area contributed by atoms with E-state index in [1.165, 1.54) is 7.11 Å². The van der Waals surface area contributed by atoms with E-state index in [1.807, 2.05) is 0 Å². The molecule has 1 unspecified atom stereocenters. The third kappa shape index (κ3) is 2.45. The van der Waals surface area contributed by atoms with Crippen LogP contribution < -0.4 is 5.32 Å². The highest BCUT2D eigenvalue weighted by Crippen LogP contribution is 2.23. The number of hydrogen-bond acceptors (Lipinski definition) is 3. The Bertz CT molecular complexity index is 157. The summed E-state index contributed by atoms with van der Waals surface area (Å²) in [5.74, 6) is 0.278. The second kappa shape index (κ2) is 4.82. The van der Waals surface area contributed by atoms with Crippen LogP contribution >= 0.6 is 15.9 Å². The maximum atomic E-state index is 11.1. The van der Waals surface area contributed by atoms with Crippen molar-refractivity contribution < 1.29 is 9.53 Å². The predicted octanol–water partition coefficient (Wildman–Crippen LogP) is 0.922. The monoisotopic (exact) mass is 235 g/mol. The molecule has 1 rings (SSSR count). The molecule has 0 aromatic carbocycles. The van der Waals surface area contributed by atoms with E-state index in [2.05, 4.69) is 26.0 Å². The smallest absolute Gasteiger partial charge is 0.319 e. The summed E-state index contributed by atoms with van der Waals surface area (Å²) in [4.78, 5) is 11.0. The zero-order chi connectivity index (χ0) is 8.97. The van der Waals surface area contributed by atoms with Gasteiger partial charge in [0.25, 0.3) is 0 Å². The largest absolute Gasteiger partial charge is 0.468 e. The number of piperidine rings is 1. The molecular formula is C8H14BrNO2. The van der Waals surface area contributed by atoms with Gasteiger partial charge in [-0.1, -0.05) is 15.9 Å². The number of hydrogen-bond donors (Lipinski definition) is 1. The fourth-order valence-corrected chi connectivity index (χ4v) is 2.16. The van der Waals surface area contributed by atoms with E-state index >= 15 is 0 Å². The van der Waals surface area contributed by atoms with Gasteiger partial charge in [-0.3, -0.25) is 4.79 Å². The maximum absolute atomic E-state index is 11.1. The molecule has 1 fully saturated rings. The number of carbonyl (C=O) groups excluding carboxylic acids is 1. The third-order valence-electron chi connectivity index (χ3n) is 2.22. The van der Waals surface area contributed by atoms with Crippen molar-refractivity contribution in [2.24, 2.45) is 5.92 Å². The van der Waals surface area contributed by atoms with Crippen LogP contribution in [0.15, 0.2) is 0 Å². The molecule has 0 radical (unpaired) electrons. The number of alkyl halides is 1. The van der Waals surface area contributed by atoms with Gasteiger partial charge in [0.1, 0.15) is 4.83 Å². The minimum atomic E-state index is -0.151. The summed E-state index contributed by atoms with van der Waals surface area (Å²) >= 11 is 3.36. The fourth-order valence-electron chi connectivity index (χ4n) is 1.44. The predicted molar refractivity (Wildman–Crippen MR) is 50.3 cm³/mol. The van der Waals surface area contributed by atoms with Crippen LogP contribution in [0.1, 0.15) is 12.8 Å². The Kier molecular flexibility index (Phi) is 4.01. The lowest BCUT2D eigenvalue weighted by molar-refractivity contribution is -0.140. The summed E-state index contributed by atoms with van der Waals surface area (Å²) in [6, 6.07) is 0. The molecule has 0 aromatic heterocycles. The first kappa shape index (κ1) is 9.99. The molecular weight excluding hydrogens is 222 g/mol. The van der Waals surface area contributed by atoms with Gasteiger partial charge in [-0.05, 0) is 31.8 Å². The van der Waals surface area contributed by atoms with E-state index in [0.29, 0.717) is 5.92 Å². The maximum Gasteiger partial charge on any atom is 0.319 e. The number of rotatable bonds is 2. The molecule has 1 atom stereocenters. The number of esters is 1. The number of nitrogens with one attached hydrogen (secondary N) is 1. The SMILES string of the molecule is COC(=O)C(Br)C1CCNCC1. The van der Waals surface area contributed by atoms with Crippen molar-refractivity contribution in [3.63, 3.8) is 0 Å². The fraction of sp³-hybridized carbons (Fsp3) is 0.875. The lowest BCUT2D eigenvalue weighted by atomic mass is 9.95. The lowest BCUT2D eigenvalue weighted by Gasteiger charge is -2.25. The van der Waals surface area contributed by atoms with Crippen LogP contribution in [0.3, 0.4) is 0 Å². The van der Waals surface area contributed by atoms with Gasteiger partial charge in [0.05, 0.1) is 7.11 Å². The quantitative estimate of drug-likeness (QED) is 0.572. The summed E-state index contributed by atoms with van der Waals surface area (Å²) in [5, 5.41) is 3.25. The van der Waals surface area contributed by atoms with Crippen molar-refractivity contribution in [1.29, 1.82) is 0 Å². The highest BCUT2D eigenvalue weighted by molar-refractivity contribution is 9.10. The Morgan fingerprint density at radius 3 is 2.67 bits per heavy atom. The highest BCUT2D eigenvalue weighted by Gasteiger charge is 2.27. The van der Waals surface area contributed by atoms with Crippen molar-refractivity contribution >= 4 is 21.9 Å². The van der Waals surface area contributed by atoms with Gasteiger partial charge in [0.15, 0.2) is 0 Å². The molecule has 12 heavy (non-hydrogen) atoms. The Morgan fingerprint density at radius 2 is 2.17 bits per heavy atom. The average molecular weight is 236 g/mol. The summed E-state index contributed by atoms with van der Waals surface area (Å²) in [6.07, 6.45) is 2.09. The lowest BCUT2D eigenvalue weighted by Crippen LogP contribution is -2.35. The van der Waals surface area contributed by atoms with Gasteiger partial charge < -0.3 is 10.1 Å². The molecule has 1 N–H and O–H groups in total. The molecule has 0 aromatic rings. The first-order valence-electron chi connectivity index (χ1n) is 4.18. The van der Waals surface area contributed by atoms with Crippen LogP contribution in [0.2, 0.25) is 0 Å². The van der Waals surface area contributed by atoms with Crippen LogP contribution in [0, 0.1) is 5.92 Å². The van der Waals surface area contributed by atoms with Crippen molar-refractivity contribution in [1.82, 2.24) is 5.32 Å². The van der Waals surface area contributed by atoms with Gasteiger partial charge in [-0.2, -0.15) is 0 Å². The van der Waals surface area contributed by atoms with Crippen molar-refractivity contribution in [3.8, 4) is 0 Å². The highest BCUT2D eigenvalue weighted by atomic mass is 79.9. The van der Waals surface area contributed by atoms with Crippen LogP contribution in [-0.2, 0) is 9.53 Å². The minimum absolute atomic E-state index is 0.121. The number of ether oxygens (including phenoxy) is 1. The van der Waals surface area contributed by atoms with E-state index in [0.717, 1.165) is 25.9 Å². The molecule has 1 heterocycles. The Hall–Kier alpha value is -0.0900. The molecule has 0 saturated carbocycles. The van der Waals surface area contributed by atoms with E-state index in [9.17, 15) is 4.79 Å². The van der Waals surface area contributed by atoms with Gasteiger partial charge in [0, 0.05) is 0 Å². The Morgan fingerprint density at radius 1 is 1.58 bits per heavy atom. The molecule has 0 bridgehead atoms. The molecule has 0 spiro atoms. The summed E-state index contributed by atoms with van der Waals surface area (Å²) < 4.78 is 4.66. The normalized spacial score (nSPS) is 21.8. The summed E-state index contributed by atoms with van der Waals surface area (Å²) in [6.45, 7) is 2.01. The molecule has 70 valence electrons. The van der Waals surface area contributed by atoms with Crippen LogP contribution in [0.4, 0.5) is 0 Å². The zero-order valence-electron chi connectivity index (χ0n) is 7.18. The second-order valence-electron chi connectivity index (χ2n) is 3.01. The van der Waals surface area contributed by atoms with Gasteiger partial charge in [0.2, 0.25) is 0 Å². The number of methoxy groups -OCH3 is 1. The summed E-state index contributed by atoms with van der Waals surface area (Å²) in [7, 11) is 1.43. The molecule has 1 saturated heterocycles. The molecule has 3 nitrogen and oxygen atoms in total. The van der Waals surface area contributed by atoms with Crippen molar-refractivity contribution in [2.45, 2.75) is 17.7 Å². The molecule has 1 aliphatic rings. The first-order chi connectivity index (χ1) is 5.75. The number of carbonyl (C=O) groups is 1. The molecule has 0 aliphatic carbocycles.